The Bertz CT molecular complexity index is 1130. The van der Waals surface area contributed by atoms with Crippen molar-refractivity contribution in [2.45, 2.75) is 24.7 Å². The molecule has 0 bridgehead atoms. The Morgan fingerprint density at radius 1 is 1.10 bits per heavy atom. The van der Waals surface area contributed by atoms with Gasteiger partial charge in [0, 0.05) is 17.4 Å². The molecule has 1 aromatic heterocycles. The Kier molecular flexibility index (Phi) is 6.95. The van der Waals surface area contributed by atoms with Gasteiger partial charge < -0.3 is 5.32 Å². The van der Waals surface area contributed by atoms with E-state index in [0.717, 1.165) is 11.1 Å². The maximum absolute atomic E-state index is 12.3. The molecule has 29 heavy (non-hydrogen) atoms. The maximum Gasteiger partial charge on any atom is 0.226 e. The lowest BCUT2D eigenvalue weighted by atomic mass is 10.2. The van der Waals surface area contributed by atoms with E-state index in [4.69, 9.17) is 23.2 Å². The van der Waals surface area contributed by atoms with Crippen molar-refractivity contribution in [2.75, 3.05) is 11.1 Å². The van der Waals surface area contributed by atoms with Crippen molar-refractivity contribution in [1.29, 1.82) is 0 Å². The van der Waals surface area contributed by atoms with Gasteiger partial charge in [-0.2, -0.15) is 0 Å². The minimum absolute atomic E-state index is 0.0874. The normalized spacial score (nSPS) is 11.4. The Morgan fingerprint density at radius 3 is 2.52 bits per heavy atom. The number of aryl methyl sites for hydroxylation is 1. The van der Waals surface area contributed by atoms with Crippen molar-refractivity contribution in [1.82, 2.24) is 4.98 Å². The summed E-state index contributed by atoms with van der Waals surface area (Å²) in [5.41, 5.74) is 2.46. The second-order valence-corrected chi connectivity index (χ2v) is 10.2. The Hall–Kier alpha value is -1.93. The Labute approximate surface area is 183 Å². The van der Waals surface area contributed by atoms with E-state index >= 15 is 0 Å². The minimum atomic E-state index is -3.40. The molecule has 152 valence electrons. The van der Waals surface area contributed by atoms with E-state index in [1.165, 1.54) is 11.3 Å². The summed E-state index contributed by atoms with van der Waals surface area (Å²) in [7, 11) is -3.40. The first kappa shape index (κ1) is 21.8. The van der Waals surface area contributed by atoms with Gasteiger partial charge >= 0.3 is 0 Å². The van der Waals surface area contributed by atoms with E-state index in [9.17, 15) is 13.2 Å². The number of hydrogen-bond acceptors (Lipinski definition) is 5. The molecule has 9 heteroatoms. The molecule has 0 radical (unpaired) electrons. The summed E-state index contributed by atoms with van der Waals surface area (Å²) >= 11 is 13.2. The highest BCUT2D eigenvalue weighted by atomic mass is 35.5. The van der Waals surface area contributed by atoms with E-state index in [0.29, 0.717) is 20.9 Å². The topological polar surface area (TPSA) is 76.1 Å². The van der Waals surface area contributed by atoms with Crippen molar-refractivity contribution >= 4 is 55.4 Å². The average Bonchev–Trinajstić information content (AvgIpc) is 3.12. The molecule has 0 unspecified atom stereocenters. The fourth-order valence-corrected chi connectivity index (χ4v) is 4.93. The maximum atomic E-state index is 12.3. The van der Waals surface area contributed by atoms with Gasteiger partial charge in [-0.15, -0.1) is 11.3 Å². The minimum Gasteiger partial charge on any atom is -0.302 e. The van der Waals surface area contributed by atoms with Gasteiger partial charge in [0.25, 0.3) is 0 Å². The number of anilines is 1. The van der Waals surface area contributed by atoms with E-state index in [1.54, 1.807) is 47.8 Å². The number of amides is 1. The van der Waals surface area contributed by atoms with Crippen molar-refractivity contribution in [3.05, 3.63) is 63.5 Å². The molecule has 0 aliphatic heterocycles. The van der Waals surface area contributed by atoms with Crippen LogP contribution in [0, 0.1) is 6.92 Å². The van der Waals surface area contributed by atoms with Gasteiger partial charge in [0.05, 0.1) is 26.4 Å². The van der Waals surface area contributed by atoms with Gasteiger partial charge in [-0.1, -0.05) is 47.0 Å². The van der Waals surface area contributed by atoms with Crippen LogP contribution in [0.25, 0.3) is 11.3 Å². The molecule has 1 N–H and O–H groups in total. The lowest BCUT2D eigenvalue weighted by molar-refractivity contribution is -0.116. The van der Waals surface area contributed by atoms with Gasteiger partial charge in [0.2, 0.25) is 5.91 Å². The molecule has 0 atom stereocenters. The third kappa shape index (κ3) is 5.79. The van der Waals surface area contributed by atoms with Gasteiger partial charge in [-0.25, -0.2) is 13.4 Å². The molecule has 3 rings (SSSR count). The monoisotopic (exact) mass is 468 g/mol. The molecule has 0 fully saturated rings. The third-order valence-corrected chi connectivity index (χ3v) is 7.48. The van der Waals surface area contributed by atoms with Crippen molar-refractivity contribution in [2.24, 2.45) is 0 Å². The van der Waals surface area contributed by atoms with Crippen LogP contribution in [-0.2, 0) is 14.6 Å². The lowest BCUT2D eigenvalue weighted by Crippen LogP contribution is -2.14. The molecular weight excluding hydrogens is 451 g/mol. The van der Waals surface area contributed by atoms with Gasteiger partial charge in [-0.05, 0) is 37.6 Å². The van der Waals surface area contributed by atoms with Crippen molar-refractivity contribution < 1.29 is 13.2 Å². The number of nitrogens with zero attached hydrogens (tertiary/aromatic N) is 1. The summed E-state index contributed by atoms with van der Waals surface area (Å²) in [6.45, 7) is 1.90. The molecular formula is C20H18Cl2N2O3S2. The SMILES string of the molecule is Cc1ccc(S(=O)(=O)CCCC(=O)Nc2nc(-c3ccc(Cl)c(Cl)c3)cs2)cc1. The quantitative estimate of drug-likeness (QED) is 0.488. The molecule has 1 amide bonds. The van der Waals surface area contributed by atoms with Crippen LogP contribution < -0.4 is 5.32 Å². The smallest absolute Gasteiger partial charge is 0.226 e. The van der Waals surface area contributed by atoms with Crippen molar-refractivity contribution in [3.63, 3.8) is 0 Å². The molecule has 0 spiro atoms. The molecule has 0 aliphatic rings. The van der Waals surface area contributed by atoms with Gasteiger partial charge in [0.1, 0.15) is 0 Å². The number of carbonyl (C=O) groups excluding carboxylic acids is 1. The number of nitrogens with one attached hydrogen (secondary N) is 1. The lowest BCUT2D eigenvalue weighted by Gasteiger charge is -2.05. The molecule has 0 aliphatic carbocycles. The van der Waals surface area contributed by atoms with Crippen LogP contribution >= 0.6 is 34.5 Å². The number of carbonyl (C=O) groups is 1. The first-order valence-electron chi connectivity index (χ1n) is 8.75. The van der Waals surface area contributed by atoms with Crippen LogP contribution in [0.2, 0.25) is 10.0 Å². The molecule has 2 aromatic carbocycles. The number of thiazole rings is 1. The molecule has 1 heterocycles. The molecule has 3 aromatic rings. The molecule has 5 nitrogen and oxygen atoms in total. The van der Waals surface area contributed by atoms with E-state index < -0.39 is 9.84 Å². The third-order valence-electron chi connectivity index (χ3n) is 4.16. The molecule has 0 saturated carbocycles. The largest absolute Gasteiger partial charge is 0.302 e. The highest BCUT2D eigenvalue weighted by molar-refractivity contribution is 7.91. The summed E-state index contributed by atoms with van der Waals surface area (Å²) < 4.78 is 24.7. The number of rotatable bonds is 7. The average molecular weight is 469 g/mol. The second kappa shape index (κ2) is 9.26. The number of sulfone groups is 1. The summed E-state index contributed by atoms with van der Waals surface area (Å²) in [5, 5.41) is 5.84. The van der Waals surface area contributed by atoms with Crippen LogP contribution in [0.3, 0.4) is 0 Å². The predicted octanol–water partition coefficient (Wildman–Crippen LogP) is 5.62. The van der Waals surface area contributed by atoms with Gasteiger partial charge in [0.15, 0.2) is 15.0 Å². The summed E-state index contributed by atoms with van der Waals surface area (Å²) in [4.78, 5) is 16.8. The highest BCUT2D eigenvalue weighted by Crippen LogP contribution is 2.30. The fourth-order valence-electron chi connectivity index (χ4n) is 2.59. The Morgan fingerprint density at radius 2 is 1.83 bits per heavy atom. The van der Waals surface area contributed by atoms with Crippen LogP contribution in [-0.4, -0.2) is 25.1 Å². The first-order chi connectivity index (χ1) is 13.7. The number of aromatic nitrogens is 1. The number of benzene rings is 2. The summed E-state index contributed by atoms with van der Waals surface area (Å²) in [6.07, 6.45) is 0.319. The second-order valence-electron chi connectivity index (χ2n) is 6.45. The van der Waals surface area contributed by atoms with Crippen LogP contribution in [0.15, 0.2) is 52.7 Å². The zero-order valence-electron chi connectivity index (χ0n) is 15.5. The fraction of sp³-hybridized carbons (Fsp3) is 0.200. The van der Waals surface area contributed by atoms with Crippen molar-refractivity contribution in [3.8, 4) is 11.3 Å². The molecule has 0 saturated heterocycles. The van der Waals surface area contributed by atoms with E-state index in [2.05, 4.69) is 10.3 Å². The zero-order chi connectivity index (χ0) is 21.0. The highest BCUT2D eigenvalue weighted by Gasteiger charge is 2.15. The number of halogens is 2. The number of hydrogen-bond donors (Lipinski definition) is 1. The summed E-state index contributed by atoms with van der Waals surface area (Å²) in [5.74, 6) is -0.366. The van der Waals surface area contributed by atoms with Crippen LogP contribution in [0.5, 0.6) is 0 Å². The van der Waals surface area contributed by atoms with Crippen LogP contribution in [0.1, 0.15) is 18.4 Å². The summed E-state index contributed by atoms with van der Waals surface area (Å²) in [6, 6.07) is 11.9. The van der Waals surface area contributed by atoms with Gasteiger partial charge in [-0.3, -0.25) is 4.79 Å². The van der Waals surface area contributed by atoms with E-state index in [1.807, 2.05) is 6.92 Å². The first-order valence-corrected chi connectivity index (χ1v) is 12.0. The predicted molar refractivity (Wildman–Crippen MR) is 119 cm³/mol. The standard InChI is InChI=1S/C20H18Cl2N2O3S2/c1-13-4-7-15(8-5-13)29(26,27)10-2-3-19(25)24-20-23-18(12-28-20)14-6-9-16(21)17(22)11-14/h4-9,11-12H,2-3,10H2,1H3,(H,23,24,25). The van der Waals surface area contributed by atoms with E-state index in [-0.39, 0.29) is 29.4 Å². The zero-order valence-corrected chi connectivity index (χ0v) is 18.6. The Balaban J connectivity index is 1.54. The van der Waals surface area contributed by atoms with Crippen LogP contribution in [0.4, 0.5) is 5.13 Å².